The molecule has 0 radical (unpaired) electrons. The Hall–Kier alpha value is -0.720. The Morgan fingerprint density at radius 1 is 1.25 bits per heavy atom. The molecular formula is C10H16N2O2S2. The van der Waals surface area contributed by atoms with Gasteiger partial charge in [0.2, 0.25) is 10.0 Å². The third kappa shape index (κ3) is 4.42. The van der Waals surface area contributed by atoms with Crippen molar-refractivity contribution in [1.29, 1.82) is 0 Å². The molecule has 90 valence electrons. The summed E-state index contributed by atoms with van der Waals surface area (Å²) >= 11 is 1.62. The fourth-order valence-corrected chi connectivity index (χ4v) is 2.60. The fourth-order valence-electron chi connectivity index (χ4n) is 1.13. The van der Waals surface area contributed by atoms with Gasteiger partial charge in [-0.15, -0.1) is 11.8 Å². The number of thioether (sulfide) groups is 1. The highest BCUT2D eigenvalue weighted by molar-refractivity contribution is 7.98. The zero-order chi connectivity index (χ0) is 12.0. The van der Waals surface area contributed by atoms with Crippen LogP contribution in [0.25, 0.3) is 0 Å². The Balaban J connectivity index is 2.65. The highest BCUT2D eigenvalue weighted by Gasteiger charge is 2.08. The lowest BCUT2D eigenvalue weighted by atomic mass is 10.3. The summed E-state index contributed by atoms with van der Waals surface area (Å²) in [4.78, 5) is 1.11. The van der Waals surface area contributed by atoms with Crippen molar-refractivity contribution in [3.05, 3.63) is 24.3 Å². The first-order chi connectivity index (χ1) is 7.57. The summed E-state index contributed by atoms with van der Waals surface area (Å²) in [5.41, 5.74) is 0.605. The van der Waals surface area contributed by atoms with Gasteiger partial charge in [-0.2, -0.15) is 0 Å². The first-order valence-corrected chi connectivity index (χ1v) is 7.74. The van der Waals surface area contributed by atoms with Crippen molar-refractivity contribution >= 4 is 27.5 Å². The van der Waals surface area contributed by atoms with Gasteiger partial charge in [-0.3, -0.25) is 4.72 Å². The molecule has 0 spiro atoms. The van der Waals surface area contributed by atoms with Crippen molar-refractivity contribution in [2.75, 3.05) is 30.3 Å². The van der Waals surface area contributed by atoms with Crippen LogP contribution in [0.1, 0.15) is 0 Å². The van der Waals surface area contributed by atoms with Gasteiger partial charge in [0.25, 0.3) is 0 Å². The molecule has 6 heteroatoms. The first-order valence-electron chi connectivity index (χ1n) is 4.86. The van der Waals surface area contributed by atoms with Gasteiger partial charge in [0.1, 0.15) is 0 Å². The molecule has 1 rings (SSSR count). The summed E-state index contributed by atoms with van der Waals surface area (Å²) in [6.45, 7) is 0.443. The molecule has 0 unspecified atom stereocenters. The summed E-state index contributed by atoms with van der Waals surface area (Å²) in [7, 11) is -1.51. The standard InChI is InChI=1S/C10H16N2O2S2/c1-11-7-8-16(13,14)12-9-3-5-10(15-2)6-4-9/h3-6,11-12H,7-8H2,1-2H3. The van der Waals surface area contributed by atoms with Gasteiger partial charge < -0.3 is 5.32 Å². The molecule has 0 atom stereocenters. The van der Waals surface area contributed by atoms with E-state index in [1.54, 1.807) is 30.9 Å². The normalized spacial score (nSPS) is 11.4. The second kappa shape index (κ2) is 6.12. The third-order valence-corrected chi connectivity index (χ3v) is 4.02. The van der Waals surface area contributed by atoms with Gasteiger partial charge in [0.15, 0.2) is 0 Å². The Morgan fingerprint density at radius 2 is 1.88 bits per heavy atom. The van der Waals surface area contributed by atoms with E-state index in [1.165, 1.54) is 0 Å². The minimum Gasteiger partial charge on any atom is -0.319 e. The molecule has 0 saturated carbocycles. The molecule has 0 amide bonds. The molecule has 0 aromatic heterocycles. The van der Waals surface area contributed by atoms with Gasteiger partial charge in [-0.1, -0.05) is 0 Å². The van der Waals surface area contributed by atoms with E-state index in [0.29, 0.717) is 12.2 Å². The number of sulfonamides is 1. The van der Waals surface area contributed by atoms with E-state index in [1.807, 2.05) is 18.4 Å². The number of benzene rings is 1. The van der Waals surface area contributed by atoms with Crippen LogP contribution in [0.4, 0.5) is 5.69 Å². The van der Waals surface area contributed by atoms with Crippen LogP contribution >= 0.6 is 11.8 Å². The van der Waals surface area contributed by atoms with Crippen molar-refractivity contribution in [2.24, 2.45) is 0 Å². The molecule has 2 N–H and O–H groups in total. The van der Waals surface area contributed by atoms with Gasteiger partial charge in [-0.25, -0.2) is 8.42 Å². The second-order valence-electron chi connectivity index (χ2n) is 3.25. The molecule has 0 aliphatic rings. The van der Waals surface area contributed by atoms with Crippen LogP contribution in [0.15, 0.2) is 29.2 Å². The van der Waals surface area contributed by atoms with Crippen LogP contribution in [0.5, 0.6) is 0 Å². The van der Waals surface area contributed by atoms with E-state index in [-0.39, 0.29) is 5.75 Å². The van der Waals surface area contributed by atoms with Crippen molar-refractivity contribution in [2.45, 2.75) is 4.90 Å². The van der Waals surface area contributed by atoms with E-state index in [9.17, 15) is 8.42 Å². The van der Waals surface area contributed by atoms with Crippen LogP contribution in [0.2, 0.25) is 0 Å². The summed E-state index contributed by atoms with van der Waals surface area (Å²) in [6, 6.07) is 7.31. The summed E-state index contributed by atoms with van der Waals surface area (Å²) in [6.07, 6.45) is 1.98. The average molecular weight is 260 g/mol. The lowest BCUT2D eigenvalue weighted by Gasteiger charge is -2.07. The predicted molar refractivity (Wildman–Crippen MR) is 69.6 cm³/mol. The quantitative estimate of drug-likeness (QED) is 0.759. The van der Waals surface area contributed by atoms with Crippen LogP contribution in [0.3, 0.4) is 0 Å². The van der Waals surface area contributed by atoms with E-state index >= 15 is 0 Å². The third-order valence-electron chi connectivity index (χ3n) is 1.98. The highest BCUT2D eigenvalue weighted by atomic mass is 32.2. The summed E-state index contributed by atoms with van der Waals surface area (Å²) in [5, 5.41) is 2.81. The molecule has 0 fully saturated rings. The van der Waals surface area contributed by atoms with Crippen LogP contribution in [-0.2, 0) is 10.0 Å². The van der Waals surface area contributed by atoms with Crippen molar-refractivity contribution < 1.29 is 8.42 Å². The molecule has 0 aliphatic carbocycles. The highest BCUT2D eigenvalue weighted by Crippen LogP contribution is 2.18. The Bertz CT molecular complexity index is 415. The Labute approximate surface area is 101 Å². The predicted octanol–water partition coefficient (Wildman–Crippen LogP) is 1.37. The largest absolute Gasteiger partial charge is 0.319 e. The zero-order valence-corrected chi connectivity index (χ0v) is 11.0. The number of rotatable bonds is 6. The number of hydrogen-bond donors (Lipinski definition) is 2. The SMILES string of the molecule is CNCCS(=O)(=O)Nc1ccc(SC)cc1. The summed E-state index contributed by atoms with van der Waals surface area (Å²) < 4.78 is 25.6. The van der Waals surface area contributed by atoms with Crippen LogP contribution in [0, 0.1) is 0 Å². The van der Waals surface area contributed by atoms with Crippen LogP contribution < -0.4 is 10.0 Å². The molecule has 0 aliphatic heterocycles. The molecule has 4 nitrogen and oxygen atoms in total. The molecule has 1 aromatic carbocycles. The van der Waals surface area contributed by atoms with Gasteiger partial charge >= 0.3 is 0 Å². The number of anilines is 1. The van der Waals surface area contributed by atoms with E-state index in [2.05, 4.69) is 10.0 Å². The van der Waals surface area contributed by atoms with E-state index in [4.69, 9.17) is 0 Å². The fraction of sp³-hybridized carbons (Fsp3) is 0.400. The number of nitrogens with one attached hydrogen (secondary N) is 2. The maximum Gasteiger partial charge on any atom is 0.233 e. The Kier molecular flexibility index (Phi) is 5.11. The lowest BCUT2D eigenvalue weighted by molar-refractivity contribution is 0.599. The van der Waals surface area contributed by atoms with E-state index in [0.717, 1.165) is 4.90 Å². The topological polar surface area (TPSA) is 58.2 Å². The Morgan fingerprint density at radius 3 is 2.38 bits per heavy atom. The molecule has 0 saturated heterocycles. The summed E-state index contributed by atoms with van der Waals surface area (Å²) in [5.74, 6) is 0.0772. The monoisotopic (exact) mass is 260 g/mol. The maximum atomic E-state index is 11.6. The lowest BCUT2D eigenvalue weighted by Crippen LogP contribution is -2.24. The van der Waals surface area contributed by atoms with Gasteiger partial charge in [0.05, 0.1) is 5.75 Å². The molecule has 1 aromatic rings. The molecule has 0 heterocycles. The van der Waals surface area contributed by atoms with Gasteiger partial charge in [0, 0.05) is 17.1 Å². The molecule has 0 bridgehead atoms. The average Bonchev–Trinajstić information content (AvgIpc) is 2.27. The van der Waals surface area contributed by atoms with Crippen molar-refractivity contribution in [3.8, 4) is 0 Å². The minimum absolute atomic E-state index is 0.0772. The number of hydrogen-bond acceptors (Lipinski definition) is 4. The second-order valence-corrected chi connectivity index (χ2v) is 5.97. The first kappa shape index (κ1) is 13.3. The van der Waals surface area contributed by atoms with E-state index < -0.39 is 10.0 Å². The zero-order valence-electron chi connectivity index (χ0n) is 9.36. The minimum atomic E-state index is -3.24. The molecular weight excluding hydrogens is 244 g/mol. The van der Waals surface area contributed by atoms with Crippen LogP contribution in [-0.4, -0.2) is 34.0 Å². The van der Waals surface area contributed by atoms with Crippen molar-refractivity contribution in [3.63, 3.8) is 0 Å². The maximum absolute atomic E-state index is 11.6. The van der Waals surface area contributed by atoms with Gasteiger partial charge in [-0.05, 0) is 37.6 Å². The smallest absolute Gasteiger partial charge is 0.233 e. The molecule has 16 heavy (non-hydrogen) atoms. The van der Waals surface area contributed by atoms with Crippen molar-refractivity contribution in [1.82, 2.24) is 5.32 Å².